The number of hydrogen-bond acceptors (Lipinski definition) is 2. The predicted octanol–water partition coefficient (Wildman–Crippen LogP) is 2.55. The maximum Gasteiger partial charge on any atom is 0.146 e. The topological polar surface area (TPSA) is 24.1 Å². The molecule has 0 radical (unpaired) electrons. The predicted molar refractivity (Wildman–Crippen MR) is 65.2 cm³/mol. The molecule has 2 N–H and O–H groups in total. The van der Waals surface area contributed by atoms with Crippen LogP contribution in [-0.4, -0.2) is 19.6 Å². The number of halogens is 1. The molecule has 88 valence electrons. The van der Waals surface area contributed by atoms with Crippen LogP contribution in [0.2, 0.25) is 0 Å². The largest absolute Gasteiger partial charge is 0.382 e. The summed E-state index contributed by atoms with van der Waals surface area (Å²) < 4.78 is 13.5. The molecule has 1 fully saturated rings. The minimum absolute atomic E-state index is 0.149. The number of aryl methyl sites for hydroxylation is 1. The van der Waals surface area contributed by atoms with Gasteiger partial charge in [0, 0.05) is 6.54 Å². The lowest BCUT2D eigenvalue weighted by atomic mass is 9.99. The molecule has 0 aliphatic carbocycles. The first-order valence-corrected chi connectivity index (χ1v) is 5.97. The number of para-hydroxylation sites is 1. The Labute approximate surface area is 96.2 Å². The van der Waals surface area contributed by atoms with Gasteiger partial charge in [-0.3, -0.25) is 0 Å². The summed E-state index contributed by atoms with van der Waals surface area (Å²) in [6, 6.07) is 5.19. The summed E-state index contributed by atoms with van der Waals surface area (Å²) in [4.78, 5) is 0. The minimum atomic E-state index is -0.149. The zero-order valence-electron chi connectivity index (χ0n) is 9.72. The number of benzene rings is 1. The summed E-state index contributed by atoms with van der Waals surface area (Å²) >= 11 is 0. The minimum Gasteiger partial charge on any atom is -0.382 e. The van der Waals surface area contributed by atoms with E-state index in [0.717, 1.165) is 25.2 Å². The van der Waals surface area contributed by atoms with Crippen LogP contribution in [-0.2, 0) is 0 Å². The summed E-state index contributed by atoms with van der Waals surface area (Å²) in [7, 11) is 0. The van der Waals surface area contributed by atoms with Crippen LogP contribution in [0.25, 0.3) is 0 Å². The first-order chi connectivity index (χ1) is 7.77. The van der Waals surface area contributed by atoms with Crippen LogP contribution in [0.15, 0.2) is 18.2 Å². The quantitative estimate of drug-likeness (QED) is 0.821. The van der Waals surface area contributed by atoms with Crippen molar-refractivity contribution in [1.29, 1.82) is 0 Å². The molecule has 0 amide bonds. The number of piperidine rings is 1. The van der Waals surface area contributed by atoms with Gasteiger partial charge in [0.15, 0.2) is 0 Å². The van der Waals surface area contributed by atoms with E-state index in [1.165, 1.54) is 18.9 Å². The molecule has 0 spiro atoms. The van der Waals surface area contributed by atoms with Crippen molar-refractivity contribution in [3.63, 3.8) is 0 Å². The summed E-state index contributed by atoms with van der Waals surface area (Å²) in [6.45, 7) is 4.95. The lowest BCUT2D eigenvalue weighted by Gasteiger charge is -2.23. The molecule has 0 bridgehead atoms. The number of anilines is 1. The van der Waals surface area contributed by atoms with Gasteiger partial charge in [0.1, 0.15) is 5.82 Å². The van der Waals surface area contributed by atoms with Crippen molar-refractivity contribution in [2.24, 2.45) is 5.92 Å². The monoisotopic (exact) mass is 222 g/mol. The van der Waals surface area contributed by atoms with Gasteiger partial charge in [-0.1, -0.05) is 12.1 Å². The highest BCUT2D eigenvalue weighted by Gasteiger charge is 2.13. The van der Waals surface area contributed by atoms with Crippen molar-refractivity contribution < 1.29 is 4.39 Å². The van der Waals surface area contributed by atoms with E-state index in [9.17, 15) is 4.39 Å². The molecule has 0 saturated carbocycles. The van der Waals surface area contributed by atoms with Crippen LogP contribution in [0.1, 0.15) is 18.4 Å². The maximum absolute atomic E-state index is 13.5. The van der Waals surface area contributed by atoms with E-state index in [1.807, 2.05) is 13.0 Å². The average molecular weight is 222 g/mol. The van der Waals surface area contributed by atoms with E-state index in [4.69, 9.17) is 0 Å². The first-order valence-electron chi connectivity index (χ1n) is 5.97. The Kier molecular flexibility index (Phi) is 3.78. The van der Waals surface area contributed by atoms with Crippen LogP contribution >= 0.6 is 0 Å². The molecular weight excluding hydrogens is 203 g/mol. The van der Waals surface area contributed by atoms with Gasteiger partial charge < -0.3 is 10.6 Å². The van der Waals surface area contributed by atoms with E-state index in [2.05, 4.69) is 10.6 Å². The Morgan fingerprint density at radius 2 is 2.38 bits per heavy atom. The number of nitrogens with one attached hydrogen (secondary N) is 2. The van der Waals surface area contributed by atoms with Crippen LogP contribution in [0.5, 0.6) is 0 Å². The highest BCUT2D eigenvalue weighted by Crippen LogP contribution is 2.20. The Morgan fingerprint density at radius 1 is 1.50 bits per heavy atom. The zero-order chi connectivity index (χ0) is 11.4. The van der Waals surface area contributed by atoms with Crippen LogP contribution in [0.3, 0.4) is 0 Å². The van der Waals surface area contributed by atoms with Crippen LogP contribution < -0.4 is 10.6 Å². The second-order valence-electron chi connectivity index (χ2n) is 4.53. The van der Waals surface area contributed by atoms with Crippen molar-refractivity contribution in [2.75, 3.05) is 25.0 Å². The molecule has 1 saturated heterocycles. The molecular formula is C13H19FN2. The molecule has 16 heavy (non-hydrogen) atoms. The molecule has 3 heteroatoms. The summed E-state index contributed by atoms with van der Waals surface area (Å²) in [5.41, 5.74) is 1.64. The summed E-state index contributed by atoms with van der Waals surface area (Å²) in [6.07, 6.45) is 2.45. The highest BCUT2D eigenvalue weighted by molar-refractivity contribution is 5.51. The summed E-state index contributed by atoms with van der Waals surface area (Å²) in [5, 5.41) is 6.60. The van der Waals surface area contributed by atoms with Crippen molar-refractivity contribution in [3.8, 4) is 0 Å². The van der Waals surface area contributed by atoms with E-state index in [-0.39, 0.29) is 5.82 Å². The van der Waals surface area contributed by atoms with Crippen molar-refractivity contribution in [1.82, 2.24) is 5.32 Å². The van der Waals surface area contributed by atoms with Gasteiger partial charge in [-0.2, -0.15) is 0 Å². The Bertz CT molecular complexity index is 326. The number of rotatable bonds is 3. The number of hydrogen-bond donors (Lipinski definition) is 2. The SMILES string of the molecule is Cc1cccc(F)c1NCC1CCCNC1. The maximum atomic E-state index is 13.5. The second-order valence-corrected chi connectivity index (χ2v) is 4.53. The lowest BCUT2D eigenvalue weighted by Crippen LogP contribution is -2.33. The molecule has 2 rings (SSSR count). The third-order valence-electron chi connectivity index (χ3n) is 3.19. The Balaban J connectivity index is 1.93. The molecule has 1 aliphatic rings. The fourth-order valence-corrected chi connectivity index (χ4v) is 2.20. The van der Waals surface area contributed by atoms with Gasteiger partial charge in [0.2, 0.25) is 0 Å². The highest BCUT2D eigenvalue weighted by atomic mass is 19.1. The van der Waals surface area contributed by atoms with Crippen molar-refractivity contribution in [2.45, 2.75) is 19.8 Å². The van der Waals surface area contributed by atoms with Gasteiger partial charge in [-0.15, -0.1) is 0 Å². The molecule has 1 aliphatic heterocycles. The first kappa shape index (κ1) is 11.4. The molecule has 1 atom stereocenters. The lowest BCUT2D eigenvalue weighted by molar-refractivity contribution is 0.392. The van der Waals surface area contributed by atoms with Gasteiger partial charge in [-0.05, 0) is 50.4 Å². The molecule has 1 unspecified atom stereocenters. The molecule has 1 aromatic carbocycles. The van der Waals surface area contributed by atoms with Crippen molar-refractivity contribution >= 4 is 5.69 Å². The fraction of sp³-hybridized carbons (Fsp3) is 0.538. The average Bonchev–Trinajstić information content (AvgIpc) is 2.30. The van der Waals surface area contributed by atoms with Crippen molar-refractivity contribution in [3.05, 3.63) is 29.6 Å². The molecule has 1 heterocycles. The van der Waals surface area contributed by atoms with E-state index in [0.29, 0.717) is 11.6 Å². The smallest absolute Gasteiger partial charge is 0.146 e. The Morgan fingerprint density at radius 3 is 3.06 bits per heavy atom. The van der Waals surface area contributed by atoms with E-state index in [1.54, 1.807) is 6.07 Å². The fourth-order valence-electron chi connectivity index (χ4n) is 2.20. The second kappa shape index (κ2) is 5.30. The van der Waals surface area contributed by atoms with Crippen LogP contribution in [0, 0.1) is 18.7 Å². The van der Waals surface area contributed by atoms with E-state index < -0.39 is 0 Å². The summed E-state index contributed by atoms with van der Waals surface area (Å²) in [5.74, 6) is 0.469. The third-order valence-corrected chi connectivity index (χ3v) is 3.19. The van der Waals surface area contributed by atoms with Gasteiger partial charge in [-0.25, -0.2) is 4.39 Å². The third kappa shape index (κ3) is 2.73. The Hall–Kier alpha value is -1.09. The van der Waals surface area contributed by atoms with Gasteiger partial charge in [0.05, 0.1) is 5.69 Å². The van der Waals surface area contributed by atoms with Gasteiger partial charge >= 0.3 is 0 Å². The molecule has 1 aromatic rings. The molecule has 0 aromatic heterocycles. The van der Waals surface area contributed by atoms with Crippen LogP contribution in [0.4, 0.5) is 10.1 Å². The van der Waals surface area contributed by atoms with E-state index >= 15 is 0 Å². The standard InChI is InChI=1S/C13H19FN2/c1-10-4-2-6-12(14)13(10)16-9-11-5-3-7-15-8-11/h2,4,6,11,15-16H,3,5,7-9H2,1H3. The molecule has 2 nitrogen and oxygen atoms in total. The zero-order valence-corrected chi connectivity index (χ0v) is 9.72. The normalized spacial score (nSPS) is 20.8. The van der Waals surface area contributed by atoms with Gasteiger partial charge in [0.25, 0.3) is 0 Å².